The summed E-state index contributed by atoms with van der Waals surface area (Å²) in [6.45, 7) is 3.13. The van der Waals surface area contributed by atoms with Gasteiger partial charge in [-0.25, -0.2) is 0 Å². The van der Waals surface area contributed by atoms with E-state index in [1.54, 1.807) is 0 Å². The molecule has 1 saturated carbocycles. The van der Waals surface area contributed by atoms with Gasteiger partial charge >= 0.3 is 0 Å². The van der Waals surface area contributed by atoms with Crippen LogP contribution in [0.1, 0.15) is 26.2 Å². The first kappa shape index (κ1) is 8.75. The Kier molecular flexibility index (Phi) is 2.12. The fraction of sp³-hybridized carbons (Fsp3) is 0.700. The monoisotopic (exact) mass is 179 g/mol. The van der Waals surface area contributed by atoms with Gasteiger partial charge in [-0.3, -0.25) is 4.68 Å². The van der Waals surface area contributed by atoms with Crippen LogP contribution in [0.4, 0.5) is 0 Å². The second-order valence-corrected chi connectivity index (χ2v) is 4.17. The Morgan fingerprint density at radius 3 is 2.85 bits per heavy atom. The van der Waals surface area contributed by atoms with E-state index in [0.29, 0.717) is 11.5 Å². The number of rotatable bonds is 4. The standard InChI is InChI=1S/C10H17N3/c1-9(11)10(3-4-10)5-8-13-7-2-6-12-13/h2,6-7,9H,3-5,8,11H2,1H3. The Bertz CT molecular complexity index is 260. The molecule has 0 aromatic carbocycles. The summed E-state index contributed by atoms with van der Waals surface area (Å²) < 4.78 is 1.99. The Morgan fingerprint density at radius 2 is 2.38 bits per heavy atom. The first-order valence-corrected chi connectivity index (χ1v) is 4.96. The van der Waals surface area contributed by atoms with Crippen LogP contribution in [-0.2, 0) is 6.54 Å². The molecule has 1 aromatic rings. The molecule has 3 heteroatoms. The summed E-state index contributed by atoms with van der Waals surface area (Å²) in [7, 11) is 0. The molecule has 1 unspecified atom stereocenters. The van der Waals surface area contributed by atoms with E-state index in [2.05, 4.69) is 12.0 Å². The molecule has 0 aliphatic heterocycles. The van der Waals surface area contributed by atoms with Gasteiger partial charge in [-0.2, -0.15) is 5.10 Å². The normalized spacial score (nSPS) is 21.4. The van der Waals surface area contributed by atoms with Crippen molar-refractivity contribution in [3.63, 3.8) is 0 Å². The predicted molar refractivity (Wildman–Crippen MR) is 52.2 cm³/mol. The quantitative estimate of drug-likeness (QED) is 0.759. The van der Waals surface area contributed by atoms with E-state index in [-0.39, 0.29) is 0 Å². The molecule has 3 nitrogen and oxygen atoms in total. The summed E-state index contributed by atoms with van der Waals surface area (Å²) >= 11 is 0. The minimum absolute atomic E-state index is 0.336. The van der Waals surface area contributed by atoms with Gasteiger partial charge in [-0.05, 0) is 37.7 Å². The Morgan fingerprint density at radius 1 is 1.62 bits per heavy atom. The molecule has 13 heavy (non-hydrogen) atoms. The van der Waals surface area contributed by atoms with Crippen LogP contribution in [0.2, 0.25) is 0 Å². The lowest BCUT2D eigenvalue weighted by Crippen LogP contribution is -2.29. The highest BCUT2D eigenvalue weighted by atomic mass is 15.3. The van der Waals surface area contributed by atoms with Gasteiger partial charge in [-0.15, -0.1) is 0 Å². The molecule has 1 heterocycles. The fourth-order valence-electron chi connectivity index (χ4n) is 1.86. The van der Waals surface area contributed by atoms with Crippen molar-refractivity contribution < 1.29 is 0 Å². The lowest BCUT2D eigenvalue weighted by Gasteiger charge is -2.18. The maximum Gasteiger partial charge on any atom is 0.0489 e. The second kappa shape index (κ2) is 3.14. The highest BCUT2D eigenvalue weighted by Gasteiger charge is 2.45. The van der Waals surface area contributed by atoms with Gasteiger partial charge in [0, 0.05) is 25.0 Å². The average molecular weight is 179 g/mol. The predicted octanol–water partition coefficient (Wildman–Crippen LogP) is 1.40. The lowest BCUT2D eigenvalue weighted by molar-refractivity contribution is 0.355. The third-order valence-electron chi connectivity index (χ3n) is 3.26. The molecule has 1 aliphatic carbocycles. The summed E-state index contributed by atoms with van der Waals surface area (Å²) in [5.41, 5.74) is 6.38. The van der Waals surface area contributed by atoms with Crippen LogP contribution in [0.25, 0.3) is 0 Å². The van der Waals surface area contributed by atoms with Gasteiger partial charge < -0.3 is 5.73 Å². The minimum Gasteiger partial charge on any atom is -0.327 e. The van der Waals surface area contributed by atoms with E-state index in [4.69, 9.17) is 5.73 Å². The van der Waals surface area contributed by atoms with Crippen molar-refractivity contribution in [2.24, 2.45) is 11.1 Å². The molecule has 2 rings (SSSR count). The van der Waals surface area contributed by atoms with E-state index in [1.165, 1.54) is 19.3 Å². The number of nitrogens with two attached hydrogens (primary N) is 1. The molecule has 1 atom stereocenters. The summed E-state index contributed by atoms with van der Waals surface area (Å²) in [5, 5.41) is 4.18. The topological polar surface area (TPSA) is 43.8 Å². The summed E-state index contributed by atoms with van der Waals surface area (Å²) in [4.78, 5) is 0. The van der Waals surface area contributed by atoms with Crippen LogP contribution < -0.4 is 5.73 Å². The number of aryl methyl sites for hydroxylation is 1. The molecular weight excluding hydrogens is 162 g/mol. The van der Waals surface area contributed by atoms with Crippen LogP contribution in [-0.4, -0.2) is 15.8 Å². The molecule has 0 bridgehead atoms. The molecule has 1 aliphatic rings. The molecule has 0 amide bonds. The Hall–Kier alpha value is -0.830. The highest BCUT2D eigenvalue weighted by molar-refractivity contribution is 4.98. The smallest absolute Gasteiger partial charge is 0.0489 e. The zero-order chi connectivity index (χ0) is 9.31. The van der Waals surface area contributed by atoms with E-state index >= 15 is 0 Å². The van der Waals surface area contributed by atoms with E-state index in [0.717, 1.165) is 6.54 Å². The molecule has 72 valence electrons. The van der Waals surface area contributed by atoms with E-state index in [1.807, 2.05) is 23.1 Å². The van der Waals surface area contributed by atoms with E-state index < -0.39 is 0 Å². The van der Waals surface area contributed by atoms with Crippen LogP contribution >= 0.6 is 0 Å². The van der Waals surface area contributed by atoms with Crippen molar-refractivity contribution in [2.45, 2.75) is 38.8 Å². The van der Waals surface area contributed by atoms with Crippen molar-refractivity contribution in [1.82, 2.24) is 9.78 Å². The molecule has 0 saturated heterocycles. The maximum atomic E-state index is 5.94. The van der Waals surface area contributed by atoms with Crippen LogP contribution in [0.3, 0.4) is 0 Å². The van der Waals surface area contributed by atoms with Crippen LogP contribution in [0.5, 0.6) is 0 Å². The lowest BCUT2D eigenvalue weighted by atomic mass is 9.95. The number of aromatic nitrogens is 2. The van der Waals surface area contributed by atoms with Gasteiger partial charge in [0.2, 0.25) is 0 Å². The van der Waals surface area contributed by atoms with Crippen LogP contribution in [0.15, 0.2) is 18.5 Å². The third-order valence-corrected chi connectivity index (χ3v) is 3.26. The molecule has 1 fully saturated rings. The maximum absolute atomic E-state index is 5.94. The van der Waals surface area contributed by atoms with Crippen molar-refractivity contribution >= 4 is 0 Å². The van der Waals surface area contributed by atoms with Gasteiger partial charge in [-0.1, -0.05) is 0 Å². The molecule has 0 radical (unpaired) electrons. The first-order chi connectivity index (χ1) is 6.23. The van der Waals surface area contributed by atoms with Crippen molar-refractivity contribution in [3.05, 3.63) is 18.5 Å². The molecule has 1 aromatic heterocycles. The molecule has 0 spiro atoms. The average Bonchev–Trinajstić information content (AvgIpc) is 2.73. The SMILES string of the molecule is CC(N)C1(CCn2cccn2)CC1. The van der Waals surface area contributed by atoms with E-state index in [9.17, 15) is 0 Å². The first-order valence-electron chi connectivity index (χ1n) is 4.96. The van der Waals surface area contributed by atoms with Crippen LogP contribution in [0, 0.1) is 5.41 Å². The molecular formula is C10H17N3. The number of nitrogens with zero attached hydrogens (tertiary/aromatic N) is 2. The summed E-state index contributed by atoms with van der Waals surface area (Å²) in [6.07, 6.45) is 7.60. The fourth-order valence-corrected chi connectivity index (χ4v) is 1.86. The van der Waals surface area contributed by atoms with Crippen molar-refractivity contribution in [2.75, 3.05) is 0 Å². The largest absolute Gasteiger partial charge is 0.327 e. The van der Waals surface area contributed by atoms with Gasteiger partial charge in [0.25, 0.3) is 0 Å². The van der Waals surface area contributed by atoms with Crippen molar-refractivity contribution in [3.8, 4) is 0 Å². The number of hydrogen-bond acceptors (Lipinski definition) is 2. The van der Waals surface area contributed by atoms with Gasteiger partial charge in [0.15, 0.2) is 0 Å². The Balaban J connectivity index is 1.86. The molecule has 2 N–H and O–H groups in total. The number of hydrogen-bond donors (Lipinski definition) is 1. The van der Waals surface area contributed by atoms with Gasteiger partial charge in [0.1, 0.15) is 0 Å². The zero-order valence-corrected chi connectivity index (χ0v) is 8.11. The summed E-state index contributed by atoms with van der Waals surface area (Å²) in [5.74, 6) is 0. The van der Waals surface area contributed by atoms with Gasteiger partial charge in [0.05, 0.1) is 0 Å². The Labute approximate surface area is 78.9 Å². The third kappa shape index (κ3) is 1.75. The van der Waals surface area contributed by atoms with Crippen molar-refractivity contribution in [1.29, 1.82) is 0 Å². The second-order valence-electron chi connectivity index (χ2n) is 4.17. The minimum atomic E-state index is 0.336. The highest BCUT2D eigenvalue weighted by Crippen LogP contribution is 2.51. The zero-order valence-electron chi connectivity index (χ0n) is 8.11. The summed E-state index contributed by atoms with van der Waals surface area (Å²) in [6, 6.07) is 2.30.